The highest BCUT2D eigenvalue weighted by Crippen LogP contribution is 2.30. The van der Waals surface area contributed by atoms with Crippen molar-refractivity contribution >= 4 is 17.4 Å². The molecule has 0 heterocycles. The number of aliphatic hydroxyl groups is 1. The van der Waals surface area contributed by atoms with E-state index in [9.17, 15) is 9.90 Å². The minimum absolute atomic E-state index is 0.229. The lowest BCUT2D eigenvalue weighted by molar-refractivity contribution is 0.0577. The highest BCUT2D eigenvalue weighted by atomic mass is 16.3. The summed E-state index contributed by atoms with van der Waals surface area (Å²) in [6.07, 6.45) is 0.399. The highest BCUT2D eigenvalue weighted by molar-refractivity contribution is 6.01. The first-order valence-electron chi connectivity index (χ1n) is 8.93. The Kier molecular flexibility index (Phi) is 5.57. The van der Waals surface area contributed by atoms with Gasteiger partial charge in [0.15, 0.2) is 0 Å². The van der Waals surface area contributed by atoms with Crippen molar-refractivity contribution in [1.29, 1.82) is 0 Å². The Balaban J connectivity index is 1.82. The van der Waals surface area contributed by atoms with E-state index in [0.29, 0.717) is 6.42 Å². The molecule has 0 spiro atoms. The molecule has 0 aliphatic rings. The van der Waals surface area contributed by atoms with Crippen LogP contribution < -0.4 is 10.2 Å². The molecule has 3 aromatic carbocycles. The molecule has 0 saturated carbocycles. The number of nitrogens with zero attached hydrogens (tertiary/aromatic N) is 1. The van der Waals surface area contributed by atoms with Crippen LogP contribution in [-0.2, 0) is 12.0 Å². The molecule has 3 aromatic rings. The van der Waals surface area contributed by atoms with E-state index in [1.165, 1.54) is 0 Å². The predicted octanol–water partition coefficient (Wildman–Crippen LogP) is 4.81. The summed E-state index contributed by atoms with van der Waals surface area (Å²) in [6, 6.07) is 26.3. The van der Waals surface area contributed by atoms with Crippen LogP contribution in [0, 0.1) is 0 Å². The summed E-state index contributed by atoms with van der Waals surface area (Å²) in [7, 11) is 1.73. The number of anilines is 2. The van der Waals surface area contributed by atoms with Crippen LogP contribution in [0.15, 0.2) is 84.9 Å². The van der Waals surface area contributed by atoms with Gasteiger partial charge in [0.1, 0.15) is 0 Å². The Morgan fingerprint density at radius 1 is 0.926 bits per heavy atom. The van der Waals surface area contributed by atoms with Gasteiger partial charge in [0.25, 0.3) is 0 Å². The summed E-state index contributed by atoms with van der Waals surface area (Å²) in [6.45, 7) is 1.79. The molecule has 1 unspecified atom stereocenters. The summed E-state index contributed by atoms with van der Waals surface area (Å²) in [5, 5.41) is 13.9. The maximum Gasteiger partial charge on any atom is 0.326 e. The zero-order valence-electron chi connectivity index (χ0n) is 15.6. The smallest absolute Gasteiger partial charge is 0.326 e. The minimum atomic E-state index is -1.03. The number of urea groups is 1. The van der Waals surface area contributed by atoms with E-state index in [1.54, 1.807) is 18.9 Å². The summed E-state index contributed by atoms with van der Waals surface area (Å²) in [5.74, 6) is 0. The van der Waals surface area contributed by atoms with Gasteiger partial charge in [0, 0.05) is 24.8 Å². The number of benzene rings is 3. The molecule has 0 radical (unpaired) electrons. The molecule has 0 bridgehead atoms. The van der Waals surface area contributed by atoms with Crippen molar-refractivity contribution in [3.8, 4) is 0 Å². The molecule has 0 aliphatic heterocycles. The topological polar surface area (TPSA) is 52.6 Å². The number of carbonyl (C=O) groups excluding carboxylic acids is 1. The fourth-order valence-electron chi connectivity index (χ4n) is 3.10. The number of amides is 2. The largest absolute Gasteiger partial charge is 0.385 e. The fourth-order valence-corrected chi connectivity index (χ4v) is 3.10. The first kappa shape index (κ1) is 18.7. The second kappa shape index (κ2) is 8.06. The lowest BCUT2D eigenvalue weighted by Crippen LogP contribution is -2.33. The molecule has 2 amide bonds. The second-order valence-electron chi connectivity index (χ2n) is 6.80. The van der Waals surface area contributed by atoms with E-state index in [2.05, 4.69) is 5.32 Å². The van der Waals surface area contributed by atoms with Crippen molar-refractivity contribution in [1.82, 2.24) is 0 Å². The van der Waals surface area contributed by atoms with Crippen LogP contribution in [0.3, 0.4) is 0 Å². The van der Waals surface area contributed by atoms with Gasteiger partial charge in [0.05, 0.1) is 5.60 Å². The molecule has 4 heteroatoms. The molecule has 3 rings (SSSR count). The first-order valence-corrected chi connectivity index (χ1v) is 8.93. The third-order valence-corrected chi connectivity index (χ3v) is 4.61. The van der Waals surface area contributed by atoms with Crippen LogP contribution in [0.4, 0.5) is 16.2 Å². The van der Waals surface area contributed by atoms with Crippen molar-refractivity contribution in [3.63, 3.8) is 0 Å². The third-order valence-electron chi connectivity index (χ3n) is 4.61. The average molecular weight is 360 g/mol. The van der Waals surface area contributed by atoms with Crippen LogP contribution in [0.2, 0.25) is 0 Å². The van der Waals surface area contributed by atoms with Crippen LogP contribution in [0.25, 0.3) is 0 Å². The van der Waals surface area contributed by atoms with Crippen molar-refractivity contribution in [2.24, 2.45) is 0 Å². The van der Waals surface area contributed by atoms with E-state index in [0.717, 1.165) is 22.5 Å². The highest BCUT2D eigenvalue weighted by Gasteiger charge is 2.26. The number of hydrogen-bond acceptors (Lipinski definition) is 2. The van der Waals surface area contributed by atoms with Crippen molar-refractivity contribution < 1.29 is 9.90 Å². The zero-order chi connectivity index (χ0) is 19.3. The molecule has 4 nitrogen and oxygen atoms in total. The quantitative estimate of drug-likeness (QED) is 0.686. The maximum atomic E-state index is 12.7. The molecule has 138 valence electrons. The summed E-state index contributed by atoms with van der Waals surface area (Å²) < 4.78 is 0. The second-order valence-corrected chi connectivity index (χ2v) is 6.80. The van der Waals surface area contributed by atoms with Crippen LogP contribution in [-0.4, -0.2) is 18.2 Å². The lowest BCUT2D eigenvalue weighted by atomic mass is 9.88. The number of carbonyl (C=O) groups is 1. The molecule has 27 heavy (non-hydrogen) atoms. The molecule has 0 aliphatic carbocycles. The Morgan fingerprint density at radius 3 is 2.15 bits per heavy atom. The monoisotopic (exact) mass is 360 g/mol. The van der Waals surface area contributed by atoms with Gasteiger partial charge in [-0.15, -0.1) is 0 Å². The summed E-state index contributed by atoms with van der Waals surface area (Å²) in [4.78, 5) is 14.2. The van der Waals surface area contributed by atoms with Gasteiger partial charge < -0.3 is 10.4 Å². The Hall–Kier alpha value is -3.11. The standard InChI is InChI=1S/C23H24N2O2/c1-23(27,19-12-5-3-6-13-19)17-18-11-9-10-16-21(18)25(2)22(26)24-20-14-7-4-8-15-20/h3-16,27H,17H2,1-2H3,(H,24,26). The van der Waals surface area contributed by atoms with Crippen LogP contribution in [0.5, 0.6) is 0 Å². The minimum Gasteiger partial charge on any atom is -0.385 e. The van der Waals surface area contributed by atoms with E-state index in [4.69, 9.17) is 0 Å². The van der Waals surface area contributed by atoms with Gasteiger partial charge in [-0.3, -0.25) is 4.90 Å². The molecule has 0 saturated heterocycles. The van der Waals surface area contributed by atoms with Gasteiger partial charge >= 0.3 is 6.03 Å². The van der Waals surface area contributed by atoms with Crippen LogP contribution >= 0.6 is 0 Å². The maximum absolute atomic E-state index is 12.7. The number of nitrogens with one attached hydrogen (secondary N) is 1. The predicted molar refractivity (Wildman–Crippen MR) is 110 cm³/mol. The number of para-hydroxylation sites is 2. The molecular weight excluding hydrogens is 336 g/mol. The Labute approximate surface area is 160 Å². The molecular formula is C23H24N2O2. The van der Waals surface area contributed by atoms with E-state index in [1.807, 2.05) is 84.9 Å². The zero-order valence-corrected chi connectivity index (χ0v) is 15.6. The van der Waals surface area contributed by atoms with Gasteiger partial charge in [-0.05, 0) is 36.2 Å². The molecule has 2 N–H and O–H groups in total. The van der Waals surface area contributed by atoms with Crippen molar-refractivity contribution in [2.75, 3.05) is 17.3 Å². The third kappa shape index (κ3) is 4.54. The van der Waals surface area contributed by atoms with E-state index < -0.39 is 5.60 Å². The van der Waals surface area contributed by atoms with Gasteiger partial charge in [-0.1, -0.05) is 66.7 Å². The van der Waals surface area contributed by atoms with Gasteiger partial charge in [0.2, 0.25) is 0 Å². The average Bonchev–Trinajstić information content (AvgIpc) is 2.69. The van der Waals surface area contributed by atoms with E-state index >= 15 is 0 Å². The molecule has 1 atom stereocenters. The number of hydrogen-bond donors (Lipinski definition) is 2. The summed E-state index contributed by atoms with van der Waals surface area (Å²) >= 11 is 0. The first-order chi connectivity index (χ1) is 13.0. The molecule has 0 fully saturated rings. The van der Waals surface area contributed by atoms with Gasteiger partial charge in [-0.2, -0.15) is 0 Å². The molecule has 0 aromatic heterocycles. The normalized spacial score (nSPS) is 12.9. The Bertz CT molecular complexity index is 893. The van der Waals surface area contributed by atoms with Crippen molar-refractivity contribution in [2.45, 2.75) is 18.9 Å². The van der Waals surface area contributed by atoms with E-state index in [-0.39, 0.29) is 6.03 Å². The van der Waals surface area contributed by atoms with Gasteiger partial charge in [-0.25, -0.2) is 4.79 Å². The van der Waals surface area contributed by atoms with Crippen molar-refractivity contribution in [3.05, 3.63) is 96.1 Å². The van der Waals surface area contributed by atoms with Crippen LogP contribution in [0.1, 0.15) is 18.1 Å². The lowest BCUT2D eigenvalue weighted by Gasteiger charge is -2.27. The SMILES string of the molecule is CN(C(=O)Nc1ccccc1)c1ccccc1CC(C)(O)c1ccccc1. The Morgan fingerprint density at radius 2 is 1.48 bits per heavy atom. The fraction of sp³-hybridized carbons (Fsp3) is 0.174. The number of rotatable bonds is 5. The summed E-state index contributed by atoms with van der Waals surface area (Å²) in [5.41, 5.74) is 2.21.